The van der Waals surface area contributed by atoms with Gasteiger partial charge in [-0.2, -0.15) is 13.2 Å². The molecule has 0 unspecified atom stereocenters. The highest BCUT2D eigenvalue weighted by molar-refractivity contribution is 9.10. The van der Waals surface area contributed by atoms with Crippen LogP contribution in [-0.2, 0) is 0 Å². The van der Waals surface area contributed by atoms with E-state index in [2.05, 4.69) is 20.7 Å². The van der Waals surface area contributed by atoms with Crippen LogP contribution in [-0.4, -0.2) is 23.2 Å². The summed E-state index contributed by atoms with van der Waals surface area (Å²) in [7, 11) is 0. The lowest BCUT2D eigenvalue weighted by molar-refractivity contribution is -0.388. The topological polar surface area (TPSA) is 69.4 Å². The molecule has 5 nitrogen and oxygen atoms in total. The lowest BCUT2D eigenvalue weighted by Gasteiger charge is -2.12. The van der Waals surface area contributed by atoms with Gasteiger partial charge in [0, 0.05) is 11.6 Å². The van der Waals surface area contributed by atoms with Gasteiger partial charge in [-0.3, -0.25) is 14.9 Å². The number of carbonyl (C=O) groups excluding carboxylic acids is 1. The number of ether oxygens (including phenoxy) is 1. The van der Waals surface area contributed by atoms with Gasteiger partial charge in [-0.15, -0.1) is 13.2 Å². The Hall–Kier alpha value is -1.85. The molecule has 0 aliphatic carbocycles. The van der Waals surface area contributed by atoms with E-state index in [1.54, 1.807) is 0 Å². The van der Waals surface area contributed by atoms with E-state index >= 15 is 0 Å². The fourth-order valence-corrected chi connectivity index (χ4v) is 1.76. The minimum atomic E-state index is -5.33. The summed E-state index contributed by atoms with van der Waals surface area (Å²) in [6.07, 6.45) is -10.6. The quantitative estimate of drug-likeness (QED) is 0.343. The number of rotatable bonds is 3. The molecule has 0 heterocycles. The van der Waals surface area contributed by atoms with Crippen molar-refractivity contribution < 1.29 is 40.8 Å². The highest BCUT2D eigenvalue weighted by Crippen LogP contribution is 2.40. The van der Waals surface area contributed by atoms with Crippen LogP contribution in [0.5, 0.6) is 5.75 Å². The molecule has 0 saturated carbocycles. The third-order valence-corrected chi connectivity index (χ3v) is 2.55. The Morgan fingerprint density at radius 1 is 1.19 bits per heavy atom. The van der Waals surface area contributed by atoms with E-state index in [-0.39, 0.29) is 6.07 Å². The highest BCUT2D eigenvalue weighted by atomic mass is 79.9. The van der Waals surface area contributed by atoms with E-state index < -0.39 is 44.7 Å². The number of nitro groups is 1. The molecule has 0 aromatic heterocycles. The molecule has 1 aromatic rings. The summed E-state index contributed by atoms with van der Waals surface area (Å²) in [6, 6.07) is 0.408. The fraction of sp³-hybridized carbons (Fsp3) is 0.222. The molecule has 1 aromatic carbocycles. The van der Waals surface area contributed by atoms with Crippen molar-refractivity contribution in [2.75, 3.05) is 0 Å². The average Bonchev–Trinajstić information content (AvgIpc) is 2.27. The molecule has 0 radical (unpaired) electrons. The van der Waals surface area contributed by atoms with Crippen molar-refractivity contribution in [2.45, 2.75) is 12.5 Å². The molecule has 1 rings (SSSR count). The molecule has 0 N–H and O–H groups in total. The number of halogens is 7. The lowest BCUT2D eigenvalue weighted by Crippen LogP contribution is -2.23. The first-order chi connectivity index (χ1) is 9.33. The maximum absolute atomic E-state index is 12.2. The van der Waals surface area contributed by atoms with Gasteiger partial charge in [-0.1, -0.05) is 0 Å². The zero-order chi connectivity index (χ0) is 16.6. The predicted octanol–water partition coefficient (Wildman–Crippen LogP) is 4.00. The predicted molar refractivity (Wildman–Crippen MR) is 57.9 cm³/mol. The summed E-state index contributed by atoms with van der Waals surface area (Å²) in [4.78, 5) is 20.2. The summed E-state index contributed by atoms with van der Waals surface area (Å²) in [5.74, 6) is -3.80. The van der Waals surface area contributed by atoms with Gasteiger partial charge in [0.15, 0.2) is 0 Å². The number of hydrogen-bond acceptors (Lipinski definition) is 4. The Morgan fingerprint density at radius 2 is 1.71 bits per heavy atom. The fourth-order valence-electron chi connectivity index (χ4n) is 1.23. The molecule has 0 atom stereocenters. The van der Waals surface area contributed by atoms with Crippen LogP contribution in [0.15, 0.2) is 16.6 Å². The molecule has 116 valence electrons. The first-order valence-electron chi connectivity index (χ1n) is 4.68. The molecule has 0 aliphatic heterocycles. The van der Waals surface area contributed by atoms with Crippen LogP contribution in [0.25, 0.3) is 0 Å². The highest BCUT2D eigenvalue weighted by Gasteiger charge is 2.42. The maximum Gasteiger partial charge on any atom is 0.573 e. The van der Waals surface area contributed by atoms with Gasteiger partial charge in [0.1, 0.15) is 0 Å². The third-order valence-electron chi connectivity index (χ3n) is 1.96. The van der Waals surface area contributed by atoms with Gasteiger partial charge in [0.05, 0.1) is 9.40 Å². The number of Topliss-reactive ketones (excluding diaryl/α,β-unsaturated/α-hetero) is 1. The number of ketones is 1. The van der Waals surface area contributed by atoms with Crippen LogP contribution in [0.2, 0.25) is 0 Å². The lowest BCUT2D eigenvalue weighted by atomic mass is 10.1. The van der Waals surface area contributed by atoms with Gasteiger partial charge >= 0.3 is 18.2 Å². The van der Waals surface area contributed by atoms with E-state index in [1.807, 2.05) is 0 Å². The number of benzene rings is 1. The Bertz CT molecular complexity index is 597. The second kappa shape index (κ2) is 5.50. The van der Waals surface area contributed by atoms with Crippen LogP contribution >= 0.6 is 15.9 Å². The second-order valence-electron chi connectivity index (χ2n) is 3.44. The van der Waals surface area contributed by atoms with Gasteiger partial charge < -0.3 is 4.74 Å². The number of carbonyl (C=O) groups is 1. The Morgan fingerprint density at radius 3 is 2.10 bits per heavy atom. The molecule has 0 aliphatic rings. The second-order valence-corrected chi connectivity index (χ2v) is 4.29. The zero-order valence-corrected chi connectivity index (χ0v) is 11.0. The minimum absolute atomic E-state index is 0.0572. The Balaban J connectivity index is 3.45. The van der Waals surface area contributed by atoms with Crippen molar-refractivity contribution in [2.24, 2.45) is 0 Å². The molecule has 0 amide bonds. The van der Waals surface area contributed by atoms with E-state index in [1.165, 1.54) is 0 Å². The smallest absolute Gasteiger partial charge is 0.397 e. The first kappa shape index (κ1) is 17.2. The van der Waals surface area contributed by atoms with Crippen molar-refractivity contribution in [1.29, 1.82) is 0 Å². The molecule has 21 heavy (non-hydrogen) atoms. The maximum atomic E-state index is 12.2. The summed E-state index contributed by atoms with van der Waals surface area (Å²) >= 11 is 2.40. The average molecular weight is 382 g/mol. The van der Waals surface area contributed by atoms with Crippen molar-refractivity contribution in [3.63, 3.8) is 0 Å². The van der Waals surface area contributed by atoms with Crippen molar-refractivity contribution in [1.82, 2.24) is 0 Å². The third kappa shape index (κ3) is 4.31. The first-order valence-corrected chi connectivity index (χ1v) is 5.47. The van der Waals surface area contributed by atoms with Crippen LogP contribution in [0.1, 0.15) is 10.4 Å². The van der Waals surface area contributed by atoms with Gasteiger partial charge in [0.2, 0.25) is 5.75 Å². The van der Waals surface area contributed by atoms with Crippen LogP contribution in [0.4, 0.5) is 32.0 Å². The Labute approximate surface area is 119 Å². The summed E-state index contributed by atoms with van der Waals surface area (Å²) in [5.41, 5.74) is -2.63. The number of alkyl halides is 6. The normalized spacial score (nSPS) is 12.1. The molecule has 0 spiro atoms. The molecule has 12 heteroatoms. The van der Waals surface area contributed by atoms with Gasteiger partial charge in [-0.25, -0.2) is 0 Å². The summed E-state index contributed by atoms with van der Waals surface area (Å²) in [6.45, 7) is 0. The van der Waals surface area contributed by atoms with Crippen LogP contribution < -0.4 is 4.74 Å². The van der Waals surface area contributed by atoms with E-state index in [0.29, 0.717) is 6.07 Å². The zero-order valence-electron chi connectivity index (χ0n) is 9.38. The monoisotopic (exact) mass is 381 g/mol. The molecule has 0 bridgehead atoms. The van der Waals surface area contributed by atoms with Crippen LogP contribution in [0.3, 0.4) is 0 Å². The number of nitro benzene ring substituents is 1. The number of hydrogen-bond donors (Lipinski definition) is 0. The van der Waals surface area contributed by atoms with Crippen molar-refractivity contribution in [3.05, 3.63) is 32.3 Å². The van der Waals surface area contributed by atoms with E-state index in [9.17, 15) is 41.3 Å². The molecular formula is C9H2BrF6NO4. The van der Waals surface area contributed by atoms with Gasteiger partial charge in [0.25, 0.3) is 5.78 Å². The van der Waals surface area contributed by atoms with Crippen molar-refractivity contribution in [3.8, 4) is 5.75 Å². The minimum Gasteiger partial charge on any atom is -0.397 e. The Kier molecular flexibility index (Phi) is 4.51. The van der Waals surface area contributed by atoms with E-state index in [0.717, 1.165) is 0 Å². The largest absolute Gasteiger partial charge is 0.573 e. The van der Waals surface area contributed by atoms with Gasteiger partial charge in [-0.05, 0) is 22.0 Å². The number of nitrogens with zero attached hydrogens (tertiary/aromatic N) is 1. The van der Waals surface area contributed by atoms with Crippen LogP contribution in [0, 0.1) is 10.1 Å². The molecule has 0 fully saturated rings. The van der Waals surface area contributed by atoms with Crippen molar-refractivity contribution >= 4 is 27.4 Å². The SMILES string of the molecule is O=C(c1cc(Br)c(OC(F)(F)F)c([N+](=O)[O-])c1)C(F)(F)F. The molecule has 0 saturated heterocycles. The standard InChI is InChI=1S/C9H2BrF6NO4/c10-4-1-3(7(18)8(11,12)13)2-5(17(19)20)6(4)21-9(14,15)16/h1-2H. The summed E-state index contributed by atoms with van der Waals surface area (Å²) in [5, 5.41) is 10.6. The molecular weight excluding hydrogens is 380 g/mol. The summed E-state index contributed by atoms with van der Waals surface area (Å²) < 4.78 is 75.5. The van der Waals surface area contributed by atoms with E-state index in [4.69, 9.17) is 0 Å².